The molecule has 0 radical (unpaired) electrons. The Labute approximate surface area is 167 Å². The van der Waals surface area contributed by atoms with Gasteiger partial charge in [0.25, 0.3) is 5.91 Å². The first kappa shape index (κ1) is 19.7. The molecule has 1 saturated heterocycles. The number of esters is 1. The summed E-state index contributed by atoms with van der Waals surface area (Å²) in [5.41, 5.74) is 3.81. The number of amidine groups is 1. The Hall–Kier alpha value is -3.06. The number of nitrogens with one attached hydrogen (secondary N) is 1. The van der Waals surface area contributed by atoms with Crippen molar-refractivity contribution in [2.24, 2.45) is 4.99 Å². The highest BCUT2D eigenvalue weighted by atomic mass is 32.2. The van der Waals surface area contributed by atoms with Crippen LogP contribution in [-0.2, 0) is 14.3 Å². The Morgan fingerprint density at radius 2 is 1.96 bits per heavy atom. The minimum absolute atomic E-state index is 0.199. The molecule has 0 unspecified atom stereocenters. The van der Waals surface area contributed by atoms with E-state index in [-0.39, 0.29) is 12.5 Å². The SMILES string of the molecule is COC(=O)COc1ccccc1/C=C1/SC(=Nc2ccc(C)c(C)c2)NC1=O. The van der Waals surface area contributed by atoms with E-state index in [1.807, 2.05) is 44.2 Å². The van der Waals surface area contributed by atoms with E-state index < -0.39 is 5.97 Å². The Bertz CT molecular complexity index is 982. The van der Waals surface area contributed by atoms with Crippen molar-refractivity contribution >= 4 is 40.6 Å². The molecule has 7 heteroatoms. The lowest BCUT2D eigenvalue weighted by Crippen LogP contribution is -2.19. The zero-order valence-electron chi connectivity index (χ0n) is 15.8. The van der Waals surface area contributed by atoms with Crippen LogP contribution in [0.1, 0.15) is 16.7 Å². The molecule has 1 fully saturated rings. The molecule has 1 heterocycles. The van der Waals surface area contributed by atoms with Crippen molar-refractivity contribution in [2.45, 2.75) is 13.8 Å². The third-order valence-electron chi connectivity index (χ3n) is 4.15. The highest BCUT2D eigenvalue weighted by Gasteiger charge is 2.24. The van der Waals surface area contributed by atoms with Crippen molar-refractivity contribution < 1.29 is 19.1 Å². The number of rotatable bonds is 5. The van der Waals surface area contributed by atoms with Gasteiger partial charge in [0.1, 0.15) is 5.75 Å². The molecule has 28 heavy (non-hydrogen) atoms. The van der Waals surface area contributed by atoms with Gasteiger partial charge in [0.05, 0.1) is 17.7 Å². The predicted molar refractivity (Wildman–Crippen MR) is 111 cm³/mol. The molecule has 0 spiro atoms. The van der Waals surface area contributed by atoms with Crippen LogP contribution in [0.4, 0.5) is 5.69 Å². The second kappa shape index (κ2) is 8.75. The summed E-state index contributed by atoms with van der Waals surface area (Å²) in [7, 11) is 1.30. The van der Waals surface area contributed by atoms with Gasteiger partial charge in [0.2, 0.25) is 0 Å². The molecule has 6 nitrogen and oxygen atoms in total. The maximum absolute atomic E-state index is 12.3. The molecule has 1 amide bonds. The zero-order valence-corrected chi connectivity index (χ0v) is 16.6. The van der Waals surface area contributed by atoms with E-state index in [4.69, 9.17) is 4.74 Å². The molecule has 144 valence electrons. The number of carbonyl (C=O) groups is 2. The summed E-state index contributed by atoms with van der Waals surface area (Å²) in [4.78, 5) is 28.6. The van der Waals surface area contributed by atoms with E-state index >= 15 is 0 Å². The van der Waals surface area contributed by atoms with Gasteiger partial charge in [-0.25, -0.2) is 9.79 Å². The molecule has 3 rings (SSSR count). The Morgan fingerprint density at radius 3 is 2.71 bits per heavy atom. The van der Waals surface area contributed by atoms with Gasteiger partial charge in [-0.05, 0) is 61.0 Å². The van der Waals surface area contributed by atoms with Gasteiger partial charge in [0, 0.05) is 5.56 Å². The number of hydrogen-bond donors (Lipinski definition) is 1. The monoisotopic (exact) mass is 396 g/mol. The summed E-state index contributed by atoms with van der Waals surface area (Å²) in [6.45, 7) is 3.87. The fraction of sp³-hybridized carbons (Fsp3) is 0.190. The van der Waals surface area contributed by atoms with Gasteiger partial charge in [-0.15, -0.1) is 0 Å². The number of hydrogen-bond acceptors (Lipinski definition) is 6. The fourth-order valence-corrected chi connectivity index (χ4v) is 3.29. The summed E-state index contributed by atoms with van der Waals surface area (Å²) in [5.74, 6) is -0.207. The van der Waals surface area contributed by atoms with E-state index in [9.17, 15) is 9.59 Å². The molecule has 1 N–H and O–H groups in total. The van der Waals surface area contributed by atoms with Crippen LogP contribution in [0.3, 0.4) is 0 Å². The molecule has 2 aromatic rings. The maximum atomic E-state index is 12.3. The lowest BCUT2D eigenvalue weighted by Gasteiger charge is -2.08. The number of benzene rings is 2. The highest BCUT2D eigenvalue weighted by Crippen LogP contribution is 2.31. The molecule has 1 aliphatic rings. The van der Waals surface area contributed by atoms with Crippen LogP contribution >= 0.6 is 11.8 Å². The smallest absolute Gasteiger partial charge is 0.343 e. The van der Waals surface area contributed by atoms with Gasteiger partial charge in [-0.1, -0.05) is 24.3 Å². The summed E-state index contributed by atoms with van der Waals surface area (Å²) in [6, 6.07) is 13.1. The number of nitrogens with zero attached hydrogens (tertiary/aromatic N) is 1. The third-order valence-corrected chi connectivity index (χ3v) is 5.06. The van der Waals surface area contributed by atoms with Crippen molar-refractivity contribution in [3.63, 3.8) is 0 Å². The van der Waals surface area contributed by atoms with Crippen LogP contribution in [0.2, 0.25) is 0 Å². The summed E-state index contributed by atoms with van der Waals surface area (Å²) >= 11 is 1.26. The van der Waals surface area contributed by atoms with E-state index in [0.29, 0.717) is 21.4 Å². The average molecular weight is 396 g/mol. The molecule has 0 bridgehead atoms. The van der Waals surface area contributed by atoms with Crippen molar-refractivity contribution in [3.8, 4) is 5.75 Å². The second-order valence-corrected chi connectivity index (χ2v) is 7.18. The number of ether oxygens (including phenoxy) is 2. The van der Waals surface area contributed by atoms with Crippen molar-refractivity contribution in [2.75, 3.05) is 13.7 Å². The minimum atomic E-state index is -0.474. The molecular formula is C21H20N2O4S. The van der Waals surface area contributed by atoms with E-state index in [2.05, 4.69) is 15.0 Å². The van der Waals surface area contributed by atoms with Crippen LogP contribution in [0.5, 0.6) is 5.75 Å². The van der Waals surface area contributed by atoms with Crippen LogP contribution in [0, 0.1) is 13.8 Å². The summed E-state index contributed by atoms with van der Waals surface area (Å²) in [5, 5.41) is 3.30. The quantitative estimate of drug-likeness (QED) is 0.615. The Morgan fingerprint density at radius 1 is 1.18 bits per heavy atom. The molecule has 1 aliphatic heterocycles. The number of amides is 1. The average Bonchev–Trinajstić information content (AvgIpc) is 3.02. The van der Waals surface area contributed by atoms with E-state index in [0.717, 1.165) is 11.3 Å². The molecular weight excluding hydrogens is 376 g/mol. The van der Waals surface area contributed by atoms with Gasteiger partial charge in [-0.2, -0.15) is 0 Å². The fourth-order valence-electron chi connectivity index (χ4n) is 2.46. The normalized spacial score (nSPS) is 16.3. The first-order chi connectivity index (χ1) is 13.5. The molecule has 0 saturated carbocycles. The van der Waals surface area contributed by atoms with E-state index in [1.165, 1.54) is 24.4 Å². The number of para-hydroxylation sites is 1. The van der Waals surface area contributed by atoms with Crippen LogP contribution < -0.4 is 10.1 Å². The van der Waals surface area contributed by atoms with E-state index in [1.54, 1.807) is 18.2 Å². The van der Waals surface area contributed by atoms with Crippen molar-refractivity contribution in [1.29, 1.82) is 0 Å². The molecule has 0 aliphatic carbocycles. The van der Waals surface area contributed by atoms with Crippen LogP contribution in [-0.4, -0.2) is 30.8 Å². The number of methoxy groups -OCH3 is 1. The van der Waals surface area contributed by atoms with Gasteiger partial charge in [0.15, 0.2) is 11.8 Å². The van der Waals surface area contributed by atoms with Gasteiger partial charge in [-0.3, -0.25) is 4.79 Å². The molecule has 2 aromatic carbocycles. The lowest BCUT2D eigenvalue weighted by atomic mass is 10.1. The van der Waals surface area contributed by atoms with Crippen LogP contribution in [0.25, 0.3) is 6.08 Å². The Kier molecular flexibility index (Phi) is 6.16. The first-order valence-electron chi connectivity index (χ1n) is 8.62. The zero-order chi connectivity index (χ0) is 20.1. The standard InChI is InChI=1S/C21H20N2O4S/c1-13-8-9-16(10-14(13)2)22-21-23-20(25)18(28-21)11-15-6-4-5-7-17(15)27-12-19(24)26-3/h4-11H,12H2,1-3H3,(H,22,23,25)/b18-11+. The van der Waals surface area contributed by atoms with Gasteiger partial charge >= 0.3 is 5.97 Å². The van der Waals surface area contributed by atoms with Gasteiger partial charge < -0.3 is 14.8 Å². The van der Waals surface area contributed by atoms with Crippen molar-refractivity contribution in [3.05, 3.63) is 64.1 Å². The number of thioether (sulfide) groups is 1. The van der Waals surface area contributed by atoms with Crippen LogP contribution in [0.15, 0.2) is 52.4 Å². The Balaban J connectivity index is 1.80. The lowest BCUT2D eigenvalue weighted by molar-refractivity contribution is -0.142. The number of carbonyl (C=O) groups excluding carboxylic acids is 2. The first-order valence-corrected chi connectivity index (χ1v) is 9.43. The number of aryl methyl sites for hydroxylation is 2. The minimum Gasteiger partial charge on any atom is -0.481 e. The van der Waals surface area contributed by atoms with Crippen molar-refractivity contribution in [1.82, 2.24) is 5.32 Å². The largest absolute Gasteiger partial charge is 0.481 e. The number of aliphatic imine (C=N–C) groups is 1. The topological polar surface area (TPSA) is 77.0 Å². The highest BCUT2D eigenvalue weighted by molar-refractivity contribution is 8.18. The molecule has 0 atom stereocenters. The second-order valence-electron chi connectivity index (χ2n) is 6.15. The predicted octanol–water partition coefficient (Wildman–Crippen LogP) is 3.75. The summed E-state index contributed by atoms with van der Waals surface area (Å²) < 4.78 is 10.1. The maximum Gasteiger partial charge on any atom is 0.343 e. The molecule has 0 aromatic heterocycles. The third kappa shape index (κ3) is 4.80. The summed E-state index contributed by atoms with van der Waals surface area (Å²) in [6.07, 6.45) is 1.72.